The first-order valence-electron chi connectivity index (χ1n) is 11.5. The fourth-order valence-corrected chi connectivity index (χ4v) is 4.96. The van der Waals surface area contributed by atoms with Gasteiger partial charge in [0.1, 0.15) is 24.0 Å². The molecule has 0 amide bonds. The number of aromatic amines is 2. The normalized spacial score (nSPS) is 14.1. The van der Waals surface area contributed by atoms with Crippen molar-refractivity contribution in [3.8, 4) is 39.4 Å². The van der Waals surface area contributed by atoms with Crippen LogP contribution in [0.1, 0.15) is 67.9 Å². The first-order chi connectivity index (χ1) is 15.5. The molecule has 0 saturated heterocycles. The van der Waals surface area contributed by atoms with Crippen LogP contribution in [0.25, 0.3) is 33.6 Å². The molecule has 0 radical (unpaired) electrons. The Hall–Kier alpha value is -3.34. The topological polar surface area (TPSA) is 66.6 Å². The monoisotopic (exact) mass is 424 g/mol. The van der Waals surface area contributed by atoms with Crippen molar-refractivity contribution in [1.82, 2.24) is 19.9 Å². The fourth-order valence-electron chi connectivity index (χ4n) is 4.96. The van der Waals surface area contributed by atoms with Crippen molar-refractivity contribution in [3.63, 3.8) is 0 Å². The van der Waals surface area contributed by atoms with E-state index >= 15 is 0 Å². The van der Waals surface area contributed by atoms with Gasteiger partial charge in [-0.1, -0.05) is 27.7 Å². The first kappa shape index (κ1) is 19.4. The van der Waals surface area contributed by atoms with Crippen molar-refractivity contribution in [2.24, 2.45) is 0 Å². The summed E-state index contributed by atoms with van der Waals surface area (Å²) in [5, 5.41) is 0. The number of ether oxygens (including phenoxy) is 1. The number of aryl methyl sites for hydroxylation is 2. The number of hydrogen-bond donors (Lipinski definition) is 2. The standard InChI is InChI=1S/C27H28N4O/c1-14(2)26-28-11-21(30-26)18-7-16-5-6-17-8-19(22-12-29-27(31-22)15(3)4)10-23-25(17)24(16)20(9-18)13-32-23/h7-12,14-15H,5-6,13H2,1-4H3,(H,28,30)(H,29,31). The molecular formula is C27H28N4O. The minimum absolute atomic E-state index is 0.381. The highest BCUT2D eigenvalue weighted by molar-refractivity contribution is 5.87. The van der Waals surface area contributed by atoms with E-state index in [2.05, 4.69) is 71.9 Å². The van der Waals surface area contributed by atoms with Crippen LogP contribution in [0, 0.1) is 0 Å². The van der Waals surface area contributed by atoms with Gasteiger partial charge in [0, 0.05) is 28.5 Å². The fraction of sp³-hybridized carbons (Fsp3) is 0.333. The highest BCUT2D eigenvalue weighted by atomic mass is 16.5. The summed E-state index contributed by atoms with van der Waals surface area (Å²) in [6.07, 6.45) is 5.95. The van der Waals surface area contributed by atoms with E-state index < -0.39 is 0 Å². The van der Waals surface area contributed by atoms with Crippen LogP contribution >= 0.6 is 0 Å². The van der Waals surface area contributed by atoms with Gasteiger partial charge in [-0.15, -0.1) is 0 Å². The third-order valence-electron chi connectivity index (χ3n) is 6.69. The molecule has 0 unspecified atom stereocenters. The predicted molar refractivity (Wildman–Crippen MR) is 127 cm³/mol. The molecule has 0 spiro atoms. The van der Waals surface area contributed by atoms with Gasteiger partial charge in [-0.25, -0.2) is 9.97 Å². The third-order valence-corrected chi connectivity index (χ3v) is 6.69. The maximum absolute atomic E-state index is 6.31. The average molecular weight is 425 g/mol. The minimum atomic E-state index is 0.381. The largest absolute Gasteiger partial charge is 0.488 e. The molecule has 5 heteroatoms. The van der Waals surface area contributed by atoms with Gasteiger partial charge < -0.3 is 14.7 Å². The van der Waals surface area contributed by atoms with E-state index in [9.17, 15) is 0 Å². The second-order valence-corrected chi connectivity index (χ2v) is 9.64. The Bertz CT molecular complexity index is 1190. The SMILES string of the molecule is CC(C)c1ncc(-c2cc3c4c(c2)COc2cc(-c5cnc(C(C)C)[nH]5)cc(c2-4)CC3)[nH]1. The lowest BCUT2D eigenvalue weighted by atomic mass is 9.79. The van der Waals surface area contributed by atoms with Gasteiger partial charge >= 0.3 is 0 Å². The Morgan fingerprint density at radius 3 is 1.81 bits per heavy atom. The molecule has 4 aromatic rings. The maximum atomic E-state index is 6.31. The van der Waals surface area contributed by atoms with E-state index in [1.54, 1.807) is 0 Å². The zero-order chi connectivity index (χ0) is 22.0. The summed E-state index contributed by atoms with van der Waals surface area (Å²) in [4.78, 5) is 16.1. The molecule has 32 heavy (non-hydrogen) atoms. The smallest absolute Gasteiger partial charge is 0.128 e. The van der Waals surface area contributed by atoms with Gasteiger partial charge in [0.2, 0.25) is 0 Å². The van der Waals surface area contributed by atoms with E-state index in [1.807, 2.05) is 12.4 Å². The van der Waals surface area contributed by atoms with Crippen LogP contribution in [-0.4, -0.2) is 19.9 Å². The Morgan fingerprint density at radius 2 is 1.25 bits per heavy atom. The molecule has 2 N–H and O–H groups in total. The summed E-state index contributed by atoms with van der Waals surface area (Å²) in [6, 6.07) is 9.10. The van der Waals surface area contributed by atoms with Crippen LogP contribution in [0.15, 0.2) is 36.7 Å². The van der Waals surface area contributed by atoms with Crippen LogP contribution in [0.2, 0.25) is 0 Å². The zero-order valence-corrected chi connectivity index (χ0v) is 19.0. The molecule has 1 aliphatic heterocycles. The average Bonchev–Trinajstić information content (AvgIpc) is 3.47. The van der Waals surface area contributed by atoms with E-state index in [1.165, 1.54) is 33.4 Å². The zero-order valence-electron chi connectivity index (χ0n) is 19.0. The van der Waals surface area contributed by atoms with Crippen molar-refractivity contribution in [3.05, 3.63) is 65.0 Å². The molecule has 1 aliphatic carbocycles. The lowest BCUT2D eigenvalue weighted by Crippen LogP contribution is -2.14. The van der Waals surface area contributed by atoms with E-state index in [4.69, 9.17) is 4.74 Å². The number of nitrogens with one attached hydrogen (secondary N) is 2. The summed E-state index contributed by atoms with van der Waals surface area (Å²) in [7, 11) is 0. The number of benzene rings is 2. The second-order valence-electron chi connectivity index (χ2n) is 9.64. The summed E-state index contributed by atoms with van der Waals surface area (Å²) < 4.78 is 6.31. The molecule has 0 bridgehead atoms. The summed E-state index contributed by atoms with van der Waals surface area (Å²) >= 11 is 0. The first-order valence-corrected chi connectivity index (χ1v) is 11.5. The number of nitrogens with zero attached hydrogens (tertiary/aromatic N) is 2. The summed E-state index contributed by atoms with van der Waals surface area (Å²) in [5.41, 5.74) is 11.2. The van der Waals surface area contributed by atoms with Gasteiger partial charge in [0.15, 0.2) is 0 Å². The van der Waals surface area contributed by atoms with Crippen LogP contribution in [0.5, 0.6) is 5.75 Å². The van der Waals surface area contributed by atoms with Gasteiger partial charge in [0.25, 0.3) is 0 Å². The predicted octanol–water partition coefficient (Wildman–Crippen LogP) is 6.37. The molecular weight excluding hydrogens is 396 g/mol. The molecule has 6 rings (SSSR count). The van der Waals surface area contributed by atoms with Gasteiger partial charge in [0.05, 0.1) is 23.8 Å². The van der Waals surface area contributed by atoms with E-state index in [-0.39, 0.29) is 0 Å². The van der Waals surface area contributed by atoms with Gasteiger partial charge in [-0.2, -0.15) is 0 Å². The lowest BCUT2D eigenvalue weighted by molar-refractivity contribution is 0.301. The van der Waals surface area contributed by atoms with Crippen LogP contribution < -0.4 is 4.74 Å². The Kier molecular flexibility index (Phi) is 4.29. The number of rotatable bonds is 4. The van der Waals surface area contributed by atoms with Crippen LogP contribution in [0.4, 0.5) is 0 Å². The van der Waals surface area contributed by atoms with E-state index in [0.29, 0.717) is 18.4 Å². The van der Waals surface area contributed by atoms with Crippen LogP contribution in [0.3, 0.4) is 0 Å². The van der Waals surface area contributed by atoms with Crippen molar-refractivity contribution < 1.29 is 4.74 Å². The van der Waals surface area contributed by atoms with Crippen LogP contribution in [-0.2, 0) is 19.4 Å². The van der Waals surface area contributed by atoms with E-state index in [0.717, 1.165) is 47.2 Å². The van der Waals surface area contributed by atoms with Gasteiger partial charge in [-0.3, -0.25) is 0 Å². The number of H-pyrrole nitrogens is 2. The summed E-state index contributed by atoms with van der Waals surface area (Å²) in [6.45, 7) is 9.22. The van der Waals surface area contributed by atoms with Crippen molar-refractivity contribution in [2.45, 2.75) is 59.0 Å². The highest BCUT2D eigenvalue weighted by Gasteiger charge is 2.29. The second kappa shape index (κ2) is 7.09. The number of aromatic nitrogens is 4. The lowest BCUT2D eigenvalue weighted by Gasteiger charge is -2.30. The Labute approximate surface area is 188 Å². The molecule has 2 aromatic carbocycles. The van der Waals surface area contributed by atoms with Gasteiger partial charge in [-0.05, 0) is 59.4 Å². The van der Waals surface area contributed by atoms with Crippen molar-refractivity contribution in [1.29, 1.82) is 0 Å². The molecule has 0 atom stereocenters. The number of hydrogen-bond acceptors (Lipinski definition) is 3. The molecule has 0 saturated carbocycles. The molecule has 162 valence electrons. The highest BCUT2D eigenvalue weighted by Crippen LogP contribution is 2.48. The summed E-state index contributed by atoms with van der Waals surface area (Å²) in [5.74, 6) is 3.81. The quantitative estimate of drug-likeness (QED) is 0.400. The molecule has 2 aliphatic rings. The molecule has 5 nitrogen and oxygen atoms in total. The Morgan fingerprint density at radius 1 is 0.719 bits per heavy atom. The maximum Gasteiger partial charge on any atom is 0.128 e. The molecule has 2 aromatic heterocycles. The van der Waals surface area contributed by atoms with Crippen molar-refractivity contribution >= 4 is 0 Å². The van der Waals surface area contributed by atoms with Crippen molar-refractivity contribution in [2.75, 3.05) is 0 Å². The Balaban J connectivity index is 1.44. The molecule has 3 heterocycles. The third kappa shape index (κ3) is 2.99. The number of imidazole rings is 2. The minimum Gasteiger partial charge on any atom is -0.488 e. The molecule has 0 fully saturated rings.